The molecule has 0 aromatic carbocycles. The number of thiophene rings is 1. The molecule has 0 atom stereocenters. The fourth-order valence-corrected chi connectivity index (χ4v) is 6.71. The quantitative estimate of drug-likeness (QED) is 0.424. The highest BCUT2D eigenvalue weighted by Crippen LogP contribution is 2.46. The topological polar surface area (TPSA) is 49.8 Å². The van der Waals surface area contributed by atoms with Crippen molar-refractivity contribution >= 4 is 38.0 Å². The summed E-state index contributed by atoms with van der Waals surface area (Å²) in [5.74, 6) is 1.13. The number of pyridine rings is 1. The minimum absolute atomic E-state index is 0.162. The van der Waals surface area contributed by atoms with Crippen molar-refractivity contribution in [1.82, 2.24) is 4.98 Å². The molecule has 33 heavy (non-hydrogen) atoms. The molecule has 1 fully saturated rings. The van der Waals surface area contributed by atoms with Gasteiger partial charge in [-0.3, -0.25) is 4.99 Å². The summed E-state index contributed by atoms with van der Waals surface area (Å²) >= 11 is 1.88. The predicted molar refractivity (Wildman–Crippen MR) is 144 cm³/mol. The molecule has 4 rings (SSSR count). The molecule has 2 aliphatic rings. The first-order valence-electron chi connectivity index (χ1n) is 13.0. The van der Waals surface area contributed by atoms with Gasteiger partial charge in [0.25, 0.3) is 0 Å². The Morgan fingerprint density at radius 1 is 1.18 bits per heavy atom. The summed E-state index contributed by atoms with van der Waals surface area (Å²) in [5, 5.41) is 6.04. The Bertz CT molecular complexity index is 997. The minimum atomic E-state index is -0.162. The van der Waals surface area contributed by atoms with Gasteiger partial charge in [0.05, 0.1) is 28.9 Å². The van der Waals surface area contributed by atoms with Crippen LogP contribution in [0.15, 0.2) is 4.99 Å². The molecule has 1 saturated carbocycles. The van der Waals surface area contributed by atoms with Gasteiger partial charge in [0.15, 0.2) is 0 Å². The van der Waals surface area contributed by atoms with Gasteiger partial charge in [0.1, 0.15) is 5.82 Å². The van der Waals surface area contributed by atoms with Gasteiger partial charge in [0.2, 0.25) is 0 Å². The van der Waals surface area contributed by atoms with Crippen molar-refractivity contribution in [3.8, 4) is 0 Å². The second-order valence-electron chi connectivity index (χ2n) is 10.3. The normalized spacial score (nSPS) is 19.0. The average Bonchev–Trinajstić information content (AvgIpc) is 3.19. The number of hydrogen-bond acceptors (Lipinski definition) is 6. The summed E-state index contributed by atoms with van der Waals surface area (Å²) in [4.78, 5) is 13.1. The van der Waals surface area contributed by atoms with E-state index in [1.807, 2.05) is 18.4 Å². The molecule has 0 radical (unpaired) electrons. The Hall–Kier alpha value is -1.66. The third-order valence-corrected chi connectivity index (χ3v) is 8.29. The van der Waals surface area contributed by atoms with E-state index in [1.54, 1.807) is 0 Å². The Balaban J connectivity index is 1.95. The average molecular weight is 471 g/mol. The van der Waals surface area contributed by atoms with Crippen molar-refractivity contribution in [3.63, 3.8) is 0 Å². The predicted octanol–water partition coefficient (Wildman–Crippen LogP) is 6.96. The van der Waals surface area contributed by atoms with Crippen LogP contribution >= 0.6 is 11.3 Å². The van der Waals surface area contributed by atoms with Crippen LogP contribution in [0.3, 0.4) is 0 Å². The van der Waals surface area contributed by atoms with Gasteiger partial charge in [-0.2, -0.15) is 0 Å². The van der Waals surface area contributed by atoms with Crippen LogP contribution in [0.25, 0.3) is 10.1 Å². The van der Waals surface area contributed by atoms with Crippen molar-refractivity contribution in [2.24, 2.45) is 4.99 Å². The molecule has 2 aromatic heterocycles. The maximum atomic E-state index is 6.19. The molecular weight excluding hydrogens is 428 g/mol. The molecular formula is C27H42N4OS. The standard InChI is InChI=1S/C27H42N4OS/c1-7-14-31(15-8-2)25-23-22(18(3)29-19-12-10-9-11-13-19)26(28-6)33-24(23)20-16-27(4,5)32-17-21(20)30-25/h19,28H,7-17H2,1-6H3. The zero-order valence-corrected chi connectivity index (χ0v) is 22.3. The lowest BCUT2D eigenvalue weighted by atomic mass is 9.92. The van der Waals surface area contributed by atoms with Crippen molar-refractivity contribution in [2.45, 2.75) is 104 Å². The number of aliphatic imine (C=N–C) groups is 1. The van der Waals surface area contributed by atoms with E-state index in [0.29, 0.717) is 12.6 Å². The molecule has 0 bridgehead atoms. The van der Waals surface area contributed by atoms with E-state index >= 15 is 0 Å². The first-order chi connectivity index (χ1) is 15.9. The number of ether oxygens (including phenoxy) is 1. The van der Waals surface area contributed by atoms with Crippen LogP contribution in [0, 0.1) is 0 Å². The van der Waals surface area contributed by atoms with Crippen LogP contribution < -0.4 is 10.2 Å². The maximum absolute atomic E-state index is 6.19. The van der Waals surface area contributed by atoms with E-state index in [-0.39, 0.29) is 5.60 Å². The number of aromatic nitrogens is 1. The molecule has 1 aliphatic carbocycles. The molecule has 3 heterocycles. The third-order valence-electron chi connectivity index (χ3n) is 7.02. The number of rotatable bonds is 8. The van der Waals surface area contributed by atoms with Gasteiger partial charge in [-0.25, -0.2) is 4.98 Å². The fourth-order valence-electron chi connectivity index (χ4n) is 5.44. The van der Waals surface area contributed by atoms with Crippen LogP contribution in [0.2, 0.25) is 0 Å². The Morgan fingerprint density at radius 2 is 1.88 bits per heavy atom. The SMILES string of the molecule is CCCN(CCC)c1nc2c(c3sc(NC)c(C(C)=NC4CCCCC4)c13)CC(C)(C)OC2. The van der Waals surface area contributed by atoms with Gasteiger partial charge >= 0.3 is 0 Å². The van der Waals surface area contributed by atoms with Gasteiger partial charge in [-0.15, -0.1) is 11.3 Å². The highest BCUT2D eigenvalue weighted by Gasteiger charge is 2.33. The monoisotopic (exact) mass is 470 g/mol. The Labute approximate surface area is 204 Å². The van der Waals surface area contributed by atoms with E-state index < -0.39 is 0 Å². The lowest BCUT2D eigenvalue weighted by Gasteiger charge is -2.33. The summed E-state index contributed by atoms with van der Waals surface area (Å²) < 4.78 is 7.57. The smallest absolute Gasteiger partial charge is 0.138 e. The largest absolute Gasteiger partial charge is 0.379 e. The minimum Gasteiger partial charge on any atom is -0.379 e. The second-order valence-corrected chi connectivity index (χ2v) is 11.4. The molecule has 1 aliphatic heterocycles. The van der Waals surface area contributed by atoms with Crippen LogP contribution in [0.4, 0.5) is 10.8 Å². The second kappa shape index (κ2) is 10.3. The maximum Gasteiger partial charge on any atom is 0.138 e. The van der Waals surface area contributed by atoms with Crippen molar-refractivity contribution < 1.29 is 4.74 Å². The van der Waals surface area contributed by atoms with Crippen LogP contribution in [-0.2, 0) is 17.8 Å². The first-order valence-corrected chi connectivity index (χ1v) is 13.8. The van der Waals surface area contributed by atoms with Crippen LogP contribution in [-0.4, -0.2) is 42.5 Å². The molecule has 182 valence electrons. The Kier molecular flexibility index (Phi) is 7.64. The lowest BCUT2D eigenvalue weighted by molar-refractivity contribution is -0.0414. The summed E-state index contributed by atoms with van der Waals surface area (Å²) in [6.07, 6.45) is 9.53. The summed E-state index contributed by atoms with van der Waals surface area (Å²) in [6, 6.07) is 0.460. The van der Waals surface area contributed by atoms with Gasteiger partial charge in [0, 0.05) is 47.9 Å². The molecule has 6 heteroatoms. The fraction of sp³-hybridized carbons (Fsp3) is 0.704. The molecule has 0 unspecified atom stereocenters. The number of hydrogen-bond donors (Lipinski definition) is 1. The van der Waals surface area contributed by atoms with Crippen LogP contribution in [0.5, 0.6) is 0 Å². The molecule has 2 aromatic rings. The van der Waals surface area contributed by atoms with E-state index in [0.717, 1.165) is 43.9 Å². The van der Waals surface area contributed by atoms with Gasteiger partial charge in [-0.05, 0) is 52.0 Å². The lowest BCUT2D eigenvalue weighted by Crippen LogP contribution is -2.33. The number of nitrogens with one attached hydrogen (secondary N) is 1. The molecule has 0 amide bonds. The summed E-state index contributed by atoms with van der Waals surface area (Å²) in [7, 11) is 2.05. The third kappa shape index (κ3) is 5.07. The zero-order valence-electron chi connectivity index (χ0n) is 21.5. The van der Waals surface area contributed by atoms with E-state index in [2.05, 4.69) is 44.8 Å². The highest BCUT2D eigenvalue weighted by molar-refractivity contribution is 7.23. The number of anilines is 2. The van der Waals surface area contributed by atoms with Gasteiger partial charge in [-0.1, -0.05) is 33.1 Å². The van der Waals surface area contributed by atoms with Crippen molar-refractivity contribution in [3.05, 3.63) is 16.8 Å². The van der Waals surface area contributed by atoms with E-state index in [9.17, 15) is 0 Å². The highest BCUT2D eigenvalue weighted by atomic mass is 32.1. The number of nitrogens with zero attached hydrogens (tertiary/aromatic N) is 3. The van der Waals surface area contributed by atoms with Crippen molar-refractivity contribution in [2.75, 3.05) is 30.4 Å². The molecule has 0 saturated heterocycles. The molecule has 0 spiro atoms. The Morgan fingerprint density at radius 3 is 2.52 bits per heavy atom. The number of fused-ring (bicyclic) bond motifs is 3. The summed E-state index contributed by atoms with van der Waals surface area (Å²) in [5.41, 5.74) is 4.77. The van der Waals surface area contributed by atoms with Gasteiger partial charge < -0.3 is 15.0 Å². The molecule has 5 nitrogen and oxygen atoms in total. The van der Waals surface area contributed by atoms with E-state index in [1.165, 1.54) is 64.0 Å². The van der Waals surface area contributed by atoms with Crippen LogP contribution in [0.1, 0.15) is 96.4 Å². The van der Waals surface area contributed by atoms with E-state index in [4.69, 9.17) is 14.7 Å². The summed E-state index contributed by atoms with van der Waals surface area (Å²) in [6.45, 7) is 13.7. The molecule has 1 N–H and O–H groups in total. The first kappa shape index (κ1) is 24.5. The zero-order chi connectivity index (χ0) is 23.6. The van der Waals surface area contributed by atoms with Crippen molar-refractivity contribution in [1.29, 1.82) is 0 Å².